The van der Waals surface area contributed by atoms with Crippen LogP contribution in [0.15, 0.2) is 26.8 Å². The van der Waals surface area contributed by atoms with Gasteiger partial charge in [0.2, 0.25) is 0 Å². The second kappa shape index (κ2) is 7.35. The molecule has 0 aromatic carbocycles. The molecular weight excluding hydrogens is 396 g/mol. The van der Waals surface area contributed by atoms with Crippen molar-refractivity contribution in [2.75, 3.05) is 5.73 Å². The van der Waals surface area contributed by atoms with Crippen molar-refractivity contribution in [1.82, 2.24) is 35.6 Å². The lowest BCUT2D eigenvalue weighted by atomic mass is 10.2. The van der Waals surface area contributed by atoms with Crippen molar-refractivity contribution in [3.05, 3.63) is 55.0 Å². The van der Waals surface area contributed by atoms with Crippen molar-refractivity contribution >= 4 is 28.5 Å². The van der Waals surface area contributed by atoms with E-state index >= 15 is 0 Å². The van der Waals surface area contributed by atoms with Gasteiger partial charge in [0.1, 0.15) is 11.4 Å². The average Bonchev–Trinajstić information content (AvgIpc) is 3.29. The number of fused-ring (bicyclic) bond motifs is 1. The van der Waals surface area contributed by atoms with Crippen LogP contribution in [0.3, 0.4) is 0 Å². The second-order valence-corrected chi connectivity index (χ2v) is 7.04. The maximum atomic E-state index is 12.6. The highest BCUT2D eigenvalue weighted by Crippen LogP contribution is 2.21. The third-order valence-electron chi connectivity index (χ3n) is 4.99. The molecule has 30 heavy (non-hydrogen) atoms. The van der Waals surface area contributed by atoms with Crippen molar-refractivity contribution in [3.8, 4) is 0 Å². The second-order valence-electron chi connectivity index (χ2n) is 7.04. The summed E-state index contributed by atoms with van der Waals surface area (Å²) in [4.78, 5) is 72.6. The number of amides is 2. The van der Waals surface area contributed by atoms with E-state index in [-0.39, 0.29) is 29.0 Å². The molecule has 0 unspecified atom stereocenters. The third-order valence-corrected chi connectivity index (χ3v) is 4.99. The molecule has 0 spiro atoms. The van der Waals surface area contributed by atoms with Crippen LogP contribution in [0, 0.1) is 0 Å². The molecule has 3 aromatic rings. The number of aromatic amines is 4. The number of nitrogens with zero attached hydrogens (tertiary/aromatic N) is 1. The van der Waals surface area contributed by atoms with Crippen molar-refractivity contribution < 1.29 is 9.59 Å². The minimum Gasteiger partial charge on any atom is -0.392 e. The Kier molecular flexibility index (Phi) is 4.69. The highest BCUT2D eigenvalue weighted by Gasteiger charge is 2.29. The molecule has 13 heteroatoms. The highest BCUT2D eigenvalue weighted by atomic mass is 16.2. The number of carbonyl (C=O) groups excluding carboxylic acids is 2. The molecule has 156 valence electrons. The lowest BCUT2D eigenvalue weighted by Crippen LogP contribution is -2.39. The van der Waals surface area contributed by atoms with E-state index < -0.39 is 28.8 Å². The van der Waals surface area contributed by atoms with E-state index in [1.54, 1.807) is 0 Å². The first-order chi connectivity index (χ1) is 14.3. The molecule has 0 radical (unpaired) electrons. The predicted octanol–water partition coefficient (Wildman–Crippen LogP) is -1.71. The molecular formula is C17H18N8O5. The summed E-state index contributed by atoms with van der Waals surface area (Å²) in [5.41, 5.74) is 3.79. The molecule has 13 nitrogen and oxygen atoms in total. The lowest BCUT2D eigenvalue weighted by Gasteiger charge is -2.15. The Labute approximate surface area is 166 Å². The molecule has 1 aliphatic carbocycles. The number of pyridine rings is 1. The maximum Gasteiger partial charge on any atom is 0.326 e. The fraction of sp³-hybridized carbons (Fsp3) is 0.294. The summed E-state index contributed by atoms with van der Waals surface area (Å²) in [6.45, 7) is 0. The van der Waals surface area contributed by atoms with Crippen molar-refractivity contribution in [2.45, 2.75) is 31.3 Å². The Hall–Kier alpha value is -4.16. The first kappa shape index (κ1) is 19.2. The fourth-order valence-corrected chi connectivity index (χ4v) is 3.57. The summed E-state index contributed by atoms with van der Waals surface area (Å²) in [6, 6.07) is -0.509. The van der Waals surface area contributed by atoms with Gasteiger partial charge in [0.15, 0.2) is 0 Å². The Balaban J connectivity index is 1.42. The van der Waals surface area contributed by atoms with Gasteiger partial charge in [-0.2, -0.15) is 0 Å². The van der Waals surface area contributed by atoms with Crippen LogP contribution in [-0.2, 0) is 0 Å². The monoisotopic (exact) mass is 414 g/mol. The van der Waals surface area contributed by atoms with E-state index in [4.69, 9.17) is 5.73 Å². The predicted molar refractivity (Wildman–Crippen MR) is 105 cm³/mol. The van der Waals surface area contributed by atoms with E-state index in [0.717, 1.165) is 0 Å². The summed E-state index contributed by atoms with van der Waals surface area (Å²) >= 11 is 0. The summed E-state index contributed by atoms with van der Waals surface area (Å²) < 4.78 is 0. The number of anilines is 1. The minimum absolute atomic E-state index is 0.223. The number of nitrogens with one attached hydrogen (secondary N) is 6. The summed E-state index contributed by atoms with van der Waals surface area (Å²) in [6.07, 6.45) is 4.42. The van der Waals surface area contributed by atoms with Crippen LogP contribution < -0.4 is 33.3 Å². The zero-order valence-electron chi connectivity index (χ0n) is 15.5. The molecule has 0 saturated heterocycles. The molecule has 3 heterocycles. The van der Waals surface area contributed by atoms with Crippen molar-refractivity contribution in [1.29, 1.82) is 0 Å². The van der Waals surface area contributed by atoms with Gasteiger partial charge in [0.05, 0.1) is 22.8 Å². The van der Waals surface area contributed by atoms with E-state index in [9.17, 15) is 24.0 Å². The SMILES string of the molecule is Nc1c(C(=O)N[C@@H]2CC[C@H](NC(=O)c3cncc4[nH]c(=O)[nH]c34)C2)[nH]c(=O)[nH]c1=O. The number of nitrogens with two attached hydrogens (primary N) is 1. The van der Waals surface area contributed by atoms with Gasteiger partial charge < -0.3 is 31.3 Å². The summed E-state index contributed by atoms with van der Waals surface area (Å²) in [5, 5.41) is 5.57. The van der Waals surface area contributed by atoms with Crippen LogP contribution in [0.2, 0.25) is 0 Å². The van der Waals surface area contributed by atoms with Gasteiger partial charge in [0, 0.05) is 18.3 Å². The van der Waals surface area contributed by atoms with Gasteiger partial charge in [-0.3, -0.25) is 24.4 Å². The molecule has 2 atom stereocenters. The number of hydrogen-bond donors (Lipinski definition) is 7. The topological polar surface area (TPSA) is 211 Å². The van der Waals surface area contributed by atoms with Gasteiger partial charge in [-0.25, -0.2) is 9.59 Å². The van der Waals surface area contributed by atoms with Crippen LogP contribution in [-0.4, -0.2) is 48.8 Å². The number of aromatic nitrogens is 5. The van der Waals surface area contributed by atoms with Gasteiger partial charge in [-0.15, -0.1) is 0 Å². The lowest BCUT2D eigenvalue weighted by molar-refractivity contribution is 0.0932. The summed E-state index contributed by atoms with van der Waals surface area (Å²) in [5.74, 6) is -1.07. The normalized spacial score (nSPS) is 18.4. The number of imidazole rings is 1. The van der Waals surface area contributed by atoms with Gasteiger partial charge in [-0.05, 0) is 19.3 Å². The van der Waals surface area contributed by atoms with Crippen LogP contribution in [0.5, 0.6) is 0 Å². The van der Waals surface area contributed by atoms with Crippen LogP contribution >= 0.6 is 0 Å². The Bertz CT molecular complexity index is 1320. The minimum atomic E-state index is -0.842. The largest absolute Gasteiger partial charge is 0.392 e. The number of hydrogen-bond acceptors (Lipinski definition) is 7. The van der Waals surface area contributed by atoms with E-state index in [0.29, 0.717) is 30.3 Å². The molecule has 3 aromatic heterocycles. The molecule has 8 N–H and O–H groups in total. The molecule has 1 aliphatic rings. The Morgan fingerprint density at radius 3 is 2.33 bits per heavy atom. The van der Waals surface area contributed by atoms with Crippen molar-refractivity contribution in [2.24, 2.45) is 0 Å². The van der Waals surface area contributed by atoms with E-state index in [2.05, 4.69) is 30.6 Å². The number of rotatable bonds is 4. The smallest absolute Gasteiger partial charge is 0.326 e. The molecule has 0 bridgehead atoms. The highest BCUT2D eigenvalue weighted by molar-refractivity contribution is 6.04. The van der Waals surface area contributed by atoms with E-state index in [1.165, 1.54) is 12.4 Å². The van der Waals surface area contributed by atoms with Gasteiger partial charge in [0.25, 0.3) is 17.4 Å². The molecule has 4 rings (SSSR count). The van der Waals surface area contributed by atoms with E-state index in [1.807, 2.05) is 4.98 Å². The molecule has 1 fully saturated rings. The van der Waals surface area contributed by atoms with Crippen LogP contribution in [0.4, 0.5) is 5.69 Å². The molecule has 2 amide bonds. The fourth-order valence-electron chi connectivity index (χ4n) is 3.57. The van der Waals surface area contributed by atoms with Crippen LogP contribution in [0.25, 0.3) is 11.0 Å². The third kappa shape index (κ3) is 3.59. The number of carbonyl (C=O) groups is 2. The number of H-pyrrole nitrogens is 4. The Morgan fingerprint density at radius 1 is 0.933 bits per heavy atom. The van der Waals surface area contributed by atoms with Crippen LogP contribution in [0.1, 0.15) is 40.1 Å². The average molecular weight is 414 g/mol. The standard InChI is InChI=1S/C17H18N8O5/c18-10-12(24-17(30)25-14(10)27)15(28)21-7-2-1-6(3-7)20-13(26)8-4-19-5-9-11(8)23-16(29)22-9/h4-7H,1-3,18H2,(H,20,26)(H,21,28)(H2,22,23,29)(H2,24,25,27,30)/t6-,7+/m0/s1. The zero-order valence-corrected chi connectivity index (χ0v) is 15.5. The molecule has 0 aliphatic heterocycles. The van der Waals surface area contributed by atoms with Gasteiger partial charge in [-0.1, -0.05) is 0 Å². The zero-order chi connectivity index (χ0) is 21.4. The first-order valence-corrected chi connectivity index (χ1v) is 9.11. The molecule has 1 saturated carbocycles. The number of nitrogen functional groups attached to an aromatic ring is 1. The van der Waals surface area contributed by atoms with Crippen molar-refractivity contribution in [3.63, 3.8) is 0 Å². The Morgan fingerprint density at radius 2 is 1.60 bits per heavy atom. The quantitative estimate of drug-likeness (QED) is 0.262. The van der Waals surface area contributed by atoms with Gasteiger partial charge >= 0.3 is 11.4 Å². The summed E-state index contributed by atoms with van der Waals surface area (Å²) in [7, 11) is 0. The maximum absolute atomic E-state index is 12.6. The first-order valence-electron chi connectivity index (χ1n) is 9.11.